The normalized spacial score (nSPS) is 10.2. The molecule has 0 saturated carbocycles. The summed E-state index contributed by atoms with van der Waals surface area (Å²) >= 11 is 11.8. The zero-order valence-electron chi connectivity index (χ0n) is 9.13. The lowest BCUT2D eigenvalue weighted by atomic mass is 10.2. The van der Waals surface area contributed by atoms with Crippen LogP contribution >= 0.6 is 23.2 Å². The molecule has 1 aromatic carbocycles. The molecule has 3 heteroatoms. The molecule has 84 valence electrons. The third-order valence-electron chi connectivity index (χ3n) is 1.86. The van der Waals surface area contributed by atoms with Gasteiger partial charge in [0.1, 0.15) is 0 Å². The molecule has 0 N–H and O–H groups in total. The Hall–Kier alpha value is -0.970. The van der Waals surface area contributed by atoms with Gasteiger partial charge in [0.15, 0.2) is 0 Å². The summed E-state index contributed by atoms with van der Waals surface area (Å²) in [5, 5.41) is 1.24. The van der Waals surface area contributed by atoms with Gasteiger partial charge in [0.2, 0.25) is 0 Å². The molecule has 16 heavy (non-hydrogen) atoms. The Morgan fingerprint density at radius 3 is 2.81 bits per heavy atom. The second kappa shape index (κ2) is 7.33. The van der Waals surface area contributed by atoms with E-state index >= 15 is 0 Å². The Balaban J connectivity index is 2.54. The first-order valence-corrected chi connectivity index (χ1v) is 5.90. The van der Waals surface area contributed by atoms with E-state index in [9.17, 15) is 0 Å². The van der Waals surface area contributed by atoms with Crippen LogP contribution in [0.3, 0.4) is 0 Å². The van der Waals surface area contributed by atoms with Crippen molar-refractivity contribution in [2.24, 2.45) is 4.99 Å². The number of benzene rings is 1. The fourth-order valence-electron chi connectivity index (χ4n) is 1.07. The van der Waals surface area contributed by atoms with E-state index in [2.05, 4.69) is 23.8 Å². The van der Waals surface area contributed by atoms with Gasteiger partial charge in [0.25, 0.3) is 0 Å². The van der Waals surface area contributed by atoms with Crippen molar-refractivity contribution in [3.63, 3.8) is 0 Å². The van der Waals surface area contributed by atoms with Crippen molar-refractivity contribution in [3.8, 4) is 11.8 Å². The summed E-state index contributed by atoms with van der Waals surface area (Å²) < 4.78 is 0. The van der Waals surface area contributed by atoms with E-state index in [-0.39, 0.29) is 0 Å². The van der Waals surface area contributed by atoms with Gasteiger partial charge in [-0.3, -0.25) is 4.99 Å². The fraction of sp³-hybridized carbons (Fsp3) is 0.308. The molecule has 0 aliphatic heterocycles. The first-order valence-electron chi connectivity index (χ1n) is 5.14. The number of halogens is 2. The second-order valence-corrected chi connectivity index (χ2v) is 4.08. The third kappa shape index (κ3) is 4.70. The van der Waals surface area contributed by atoms with Gasteiger partial charge in [-0.25, -0.2) is 0 Å². The van der Waals surface area contributed by atoms with Gasteiger partial charge < -0.3 is 0 Å². The molecule has 1 nitrogen and oxygen atoms in total. The van der Waals surface area contributed by atoms with Gasteiger partial charge in [-0.1, -0.05) is 42.1 Å². The molecule has 1 aromatic rings. The molecule has 0 amide bonds. The van der Waals surface area contributed by atoms with Crippen LogP contribution in [-0.2, 0) is 0 Å². The summed E-state index contributed by atoms with van der Waals surface area (Å²) in [6.07, 6.45) is 3.73. The maximum Gasteiger partial charge on any atom is 0.0997 e. The van der Waals surface area contributed by atoms with Crippen molar-refractivity contribution in [1.29, 1.82) is 0 Å². The topological polar surface area (TPSA) is 12.4 Å². The third-order valence-corrected chi connectivity index (χ3v) is 2.43. The standard InChI is InChI=1S/C13H13Cl2N/c1-2-3-4-5-8-16-10-11-6-7-12(14)9-13(11)15/h6-7,9-10H,2-3,8H2,1H3/b16-10+. The molecule has 0 radical (unpaired) electrons. The zero-order valence-corrected chi connectivity index (χ0v) is 10.6. The number of nitrogens with zero attached hydrogens (tertiary/aromatic N) is 1. The molecule has 1 rings (SSSR count). The van der Waals surface area contributed by atoms with E-state index in [1.165, 1.54) is 0 Å². The quantitative estimate of drug-likeness (QED) is 0.565. The molecule has 0 bridgehead atoms. The van der Waals surface area contributed by atoms with Gasteiger partial charge in [0.05, 0.1) is 11.6 Å². The van der Waals surface area contributed by atoms with E-state index in [4.69, 9.17) is 23.2 Å². The minimum atomic E-state index is 0.513. The predicted molar refractivity (Wildman–Crippen MR) is 71.6 cm³/mol. The second-order valence-electron chi connectivity index (χ2n) is 3.24. The predicted octanol–water partition coefficient (Wildman–Crippen LogP) is 4.22. The summed E-state index contributed by atoms with van der Waals surface area (Å²) in [6.45, 7) is 2.62. The Morgan fingerprint density at radius 1 is 1.31 bits per heavy atom. The van der Waals surface area contributed by atoms with Crippen molar-refractivity contribution in [2.75, 3.05) is 6.54 Å². The van der Waals surface area contributed by atoms with E-state index in [1.807, 2.05) is 6.07 Å². The Morgan fingerprint density at radius 2 is 2.12 bits per heavy atom. The summed E-state index contributed by atoms with van der Waals surface area (Å²) in [5.41, 5.74) is 0.864. The zero-order chi connectivity index (χ0) is 11.8. The SMILES string of the molecule is CCCC#CC/N=C/c1ccc(Cl)cc1Cl. The summed E-state index contributed by atoms with van der Waals surface area (Å²) in [6, 6.07) is 5.33. The summed E-state index contributed by atoms with van der Waals surface area (Å²) in [5.74, 6) is 6.00. The molecular weight excluding hydrogens is 241 g/mol. The number of aliphatic imine (C=N–C) groups is 1. The highest BCUT2D eigenvalue weighted by Gasteiger charge is 1.96. The van der Waals surface area contributed by atoms with Crippen LogP contribution in [0.1, 0.15) is 25.3 Å². The van der Waals surface area contributed by atoms with Crippen LogP contribution in [0.4, 0.5) is 0 Å². The molecule has 0 atom stereocenters. The largest absolute Gasteiger partial charge is 0.280 e. The first kappa shape index (κ1) is 13.1. The van der Waals surface area contributed by atoms with Gasteiger partial charge in [-0.2, -0.15) is 0 Å². The van der Waals surface area contributed by atoms with Crippen LogP contribution in [-0.4, -0.2) is 12.8 Å². The van der Waals surface area contributed by atoms with Crippen molar-refractivity contribution in [3.05, 3.63) is 33.8 Å². The van der Waals surface area contributed by atoms with E-state index in [1.54, 1.807) is 18.3 Å². The fourth-order valence-corrected chi connectivity index (χ4v) is 1.52. The smallest absolute Gasteiger partial charge is 0.0997 e. The molecule has 0 unspecified atom stereocenters. The molecule has 0 aromatic heterocycles. The van der Waals surface area contributed by atoms with E-state index < -0.39 is 0 Å². The monoisotopic (exact) mass is 253 g/mol. The molecule has 0 fully saturated rings. The Kier molecular flexibility index (Phi) is 6.00. The first-order chi connectivity index (χ1) is 7.74. The van der Waals surface area contributed by atoms with E-state index in [0.717, 1.165) is 18.4 Å². The summed E-state index contributed by atoms with van der Waals surface area (Å²) in [4.78, 5) is 4.18. The molecule has 0 saturated heterocycles. The minimum Gasteiger partial charge on any atom is -0.280 e. The number of hydrogen-bond donors (Lipinski definition) is 0. The maximum absolute atomic E-state index is 5.98. The van der Waals surface area contributed by atoms with Crippen LogP contribution < -0.4 is 0 Å². The average molecular weight is 254 g/mol. The van der Waals surface area contributed by atoms with Crippen molar-refractivity contribution >= 4 is 29.4 Å². The highest BCUT2D eigenvalue weighted by molar-refractivity contribution is 6.36. The van der Waals surface area contributed by atoms with Crippen molar-refractivity contribution in [2.45, 2.75) is 19.8 Å². The number of hydrogen-bond acceptors (Lipinski definition) is 1. The Bertz CT molecular complexity index is 427. The average Bonchev–Trinajstić information content (AvgIpc) is 2.26. The summed E-state index contributed by atoms with van der Waals surface area (Å²) in [7, 11) is 0. The van der Waals surface area contributed by atoms with Gasteiger partial charge >= 0.3 is 0 Å². The van der Waals surface area contributed by atoms with Gasteiger partial charge in [-0.05, 0) is 18.6 Å². The van der Waals surface area contributed by atoms with E-state index in [0.29, 0.717) is 16.6 Å². The van der Waals surface area contributed by atoms with Crippen LogP contribution in [0.25, 0.3) is 0 Å². The van der Waals surface area contributed by atoms with Crippen LogP contribution in [0.2, 0.25) is 10.0 Å². The number of unbranched alkanes of at least 4 members (excludes halogenated alkanes) is 1. The lowest BCUT2D eigenvalue weighted by Gasteiger charge is -1.96. The molecular formula is C13H13Cl2N. The number of rotatable bonds is 3. The minimum absolute atomic E-state index is 0.513. The maximum atomic E-state index is 5.98. The molecule has 0 heterocycles. The molecule has 0 aliphatic rings. The highest BCUT2D eigenvalue weighted by atomic mass is 35.5. The van der Waals surface area contributed by atoms with Crippen molar-refractivity contribution < 1.29 is 0 Å². The Labute approximate surface area is 106 Å². The lowest BCUT2D eigenvalue weighted by molar-refractivity contribution is 0.982. The molecule has 0 spiro atoms. The molecule has 0 aliphatic carbocycles. The van der Waals surface area contributed by atoms with Crippen LogP contribution in [0.15, 0.2) is 23.2 Å². The van der Waals surface area contributed by atoms with Gasteiger partial charge in [0, 0.05) is 23.2 Å². The van der Waals surface area contributed by atoms with Gasteiger partial charge in [-0.15, -0.1) is 5.92 Å². The van der Waals surface area contributed by atoms with Crippen molar-refractivity contribution in [1.82, 2.24) is 0 Å². The lowest BCUT2D eigenvalue weighted by Crippen LogP contribution is -1.84. The van der Waals surface area contributed by atoms with Crippen LogP contribution in [0, 0.1) is 11.8 Å². The highest BCUT2D eigenvalue weighted by Crippen LogP contribution is 2.19. The van der Waals surface area contributed by atoms with Crippen LogP contribution in [0.5, 0.6) is 0 Å².